The number of halogens is 1. The number of allylic oxidation sites excluding steroid dienone is 1. The third-order valence-corrected chi connectivity index (χ3v) is 4.19. The summed E-state index contributed by atoms with van der Waals surface area (Å²) in [5.41, 5.74) is 7.15. The number of hydrogen-bond donors (Lipinski definition) is 1. The van der Waals surface area contributed by atoms with Gasteiger partial charge in [0.25, 0.3) is 0 Å². The topological polar surface area (TPSA) is 12.0 Å². The van der Waals surface area contributed by atoms with Gasteiger partial charge in [0, 0.05) is 5.41 Å². The maximum atomic E-state index is 2.75. The Balaban J connectivity index is 0.000000615. The van der Waals surface area contributed by atoms with Crippen molar-refractivity contribution < 1.29 is 0 Å². The van der Waals surface area contributed by atoms with Crippen molar-refractivity contribution in [3.8, 4) is 0 Å². The van der Waals surface area contributed by atoms with Gasteiger partial charge in [-0.1, -0.05) is 75.4 Å². The summed E-state index contributed by atoms with van der Waals surface area (Å²) in [6.07, 6.45) is 3.42. The van der Waals surface area contributed by atoms with E-state index in [4.69, 9.17) is 0 Å². The van der Waals surface area contributed by atoms with E-state index in [9.17, 15) is 0 Å². The molecule has 1 N–H and O–H groups in total. The van der Waals surface area contributed by atoms with Gasteiger partial charge in [0.1, 0.15) is 0 Å². The first kappa shape index (κ1) is 19.5. The molecule has 0 bridgehead atoms. The average molecular weight is 330 g/mol. The monoisotopic (exact) mass is 329 g/mol. The second kappa shape index (κ2) is 8.33. The van der Waals surface area contributed by atoms with Crippen molar-refractivity contribution in [2.45, 2.75) is 32.6 Å². The molecule has 23 heavy (non-hydrogen) atoms. The van der Waals surface area contributed by atoms with Crippen molar-refractivity contribution in [1.82, 2.24) is 5.32 Å². The van der Waals surface area contributed by atoms with Crippen LogP contribution in [0.1, 0.15) is 49.4 Å². The summed E-state index contributed by atoms with van der Waals surface area (Å²) in [5, 5.41) is 2.75. The van der Waals surface area contributed by atoms with Crippen molar-refractivity contribution in [2.75, 3.05) is 14.1 Å². The highest BCUT2D eigenvalue weighted by Gasteiger charge is 2.33. The number of fused-ring (bicyclic) bond motifs is 2. The Morgan fingerprint density at radius 1 is 0.870 bits per heavy atom. The van der Waals surface area contributed by atoms with Crippen molar-refractivity contribution in [3.63, 3.8) is 0 Å². The molecule has 3 rings (SSSR count). The first-order valence-corrected chi connectivity index (χ1v) is 8.06. The summed E-state index contributed by atoms with van der Waals surface area (Å²) >= 11 is 0. The highest BCUT2D eigenvalue weighted by atomic mass is 35.5. The molecule has 0 spiro atoms. The second-order valence-electron chi connectivity index (χ2n) is 6.24. The molecule has 0 fully saturated rings. The van der Waals surface area contributed by atoms with Gasteiger partial charge in [-0.05, 0) is 48.3 Å². The summed E-state index contributed by atoms with van der Waals surface area (Å²) in [7, 11) is 3.75. The molecule has 0 radical (unpaired) electrons. The zero-order valence-corrected chi connectivity index (χ0v) is 15.6. The number of nitrogens with one attached hydrogen (secondary N) is 1. The zero-order chi connectivity index (χ0) is 16.2. The number of rotatable bonds is 1. The second-order valence-corrected chi connectivity index (χ2v) is 6.24. The van der Waals surface area contributed by atoms with Crippen LogP contribution in [-0.4, -0.2) is 14.1 Å². The molecule has 0 saturated heterocycles. The van der Waals surface area contributed by atoms with Crippen molar-refractivity contribution >= 4 is 18.0 Å². The Kier molecular flexibility index (Phi) is 7.05. The molecule has 2 aromatic carbocycles. The van der Waals surface area contributed by atoms with Crippen LogP contribution in [0.25, 0.3) is 5.57 Å². The normalized spacial score (nSPS) is 13.7. The molecule has 0 atom stereocenters. The smallest absolute Gasteiger partial charge is 0.0158 e. The lowest BCUT2D eigenvalue weighted by molar-refractivity contribution is 0.630. The summed E-state index contributed by atoms with van der Waals surface area (Å²) in [6, 6.07) is 17.7. The third-order valence-electron chi connectivity index (χ3n) is 4.19. The quantitative estimate of drug-likeness (QED) is 0.736. The lowest BCUT2D eigenvalue weighted by Gasteiger charge is -2.36. The van der Waals surface area contributed by atoms with E-state index >= 15 is 0 Å². The Morgan fingerprint density at radius 3 is 1.65 bits per heavy atom. The lowest BCUT2D eigenvalue weighted by atomic mass is 9.67. The summed E-state index contributed by atoms with van der Waals surface area (Å²) < 4.78 is 0. The predicted octanol–water partition coefficient (Wildman–Crippen LogP) is 5.43. The van der Waals surface area contributed by atoms with E-state index in [-0.39, 0.29) is 17.8 Å². The molecule has 2 aromatic rings. The van der Waals surface area contributed by atoms with E-state index < -0.39 is 0 Å². The minimum atomic E-state index is 0. The number of hydrogen-bond acceptors (Lipinski definition) is 1. The van der Waals surface area contributed by atoms with Crippen LogP contribution in [0, 0.1) is 0 Å². The molecule has 1 nitrogen and oxygen atoms in total. The Morgan fingerprint density at radius 2 is 1.26 bits per heavy atom. The molecular formula is C21H28ClN. The lowest BCUT2D eigenvalue weighted by Crippen LogP contribution is -2.26. The van der Waals surface area contributed by atoms with Crippen LogP contribution in [0.2, 0.25) is 0 Å². The highest BCUT2D eigenvalue weighted by Crippen LogP contribution is 2.46. The Hall–Kier alpha value is -1.57. The fourth-order valence-electron chi connectivity index (χ4n) is 3.24. The van der Waals surface area contributed by atoms with E-state index in [1.54, 1.807) is 0 Å². The first-order valence-electron chi connectivity index (χ1n) is 8.06. The molecule has 0 aromatic heterocycles. The third kappa shape index (κ3) is 3.68. The molecule has 0 aliphatic heterocycles. The van der Waals surface area contributed by atoms with Crippen LogP contribution < -0.4 is 5.32 Å². The fraction of sp³-hybridized carbons (Fsp3) is 0.333. The summed E-state index contributed by atoms with van der Waals surface area (Å²) in [4.78, 5) is 0. The summed E-state index contributed by atoms with van der Waals surface area (Å²) in [5.74, 6) is 0. The minimum Gasteiger partial charge on any atom is -0.323 e. The van der Waals surface area contributed by atoms with E-state index in [1.165, 1.54) is 27.8 Å². The van der Waals surface area contributed by atoms with Gasteiger partial charge >= 0.3 is 0 Å². The maximum absolute atomic E-state index is 2.75. The molecule has 124 valence electrons. The molecule has 0 amide bonds. The van der Waals surface area contributed by atoms with E-state index in [1.807, 2.05) is 14.1 Å². The van der Waals surface area contributed by atoms with Crippen LogP contribution in [0.4, 0.5) is 0 Å². The van der Waals surface area contributed by atoms with Crippen molar-refractivity contribution in [1.29, 1.82) is 0 Å². The van der Waals surface area contributed by atoms with Gasteiger partial charge in [0.15, 0.2) is 0 Å². The standard InChI is InChI=1S/C19H20.C2H7N.ClH/c1-4-9-14-15-10-5-7-12-17(15)19(2,3)18-13-8-6-11-16(14)18;1-3-2;/h5-13H,4H2,1-3H3;3H,1-2H3;1H. The SMILES string of the molecule is CCC=C1c2ccccc2C(C)(C)c2ccccc21.CNC.Cl. The van der Waals surface area contributed by atoms with Crippen molar-refractivity contribution in [2.24, 2.45) is 0 Å². The molecule has 2 heteroatoms. The predicted molar refractivity (Wildman–Crippen MR) is 105 cm³/mol. The van der Waals surface area contributed by atoms with Crippen molar-refractivity contribution in [3.05, 3.63) is 76.9 Å². The van der Waals surface area contributed by atoms with Crippen LogP contribution in [0.3, 0.4) is 0 Å². The largest absolute Gasteiger partial charge is 0.323 e. The van der Waals surface area contributed by atoms with Gasteiger partial charge in [-0.2, -0.15) is 0 Å². The van der Waals surface area contributed by atoms with E-state index in [0.29, 0.717) is 0 Å². The van der Waals surface area contributed by atoms with Gasteiger partial charge in [-0.15, -0.1) is 12.4 Å². The molecule has 0 saturated carbocycles. The average Bonchev–Trinajstić information content (AvgIpc) is 2.53. The van der Waals surface area contributed by atoms with Crippen LogP contribution in [0.15, 0.2) is 54.6 Å². The molecular weight excluding hydrogens is 302 g/mol. The van der Waals surface area contributed by atoms with Crippen LogP contribution in [-0.2, 0) is 5.41 Å². The van der Waals surface area contributed by atoms with Crippen LogP contribution in [0.5, 0.6) is 0 Å². The number of benzene rings is 2. The minimum absolute atomic E-state index is 0. The van der Waals surface area contributed by atoms with Gasteiger partial charge in [-0.3, -0.25) is 0 Å². The van der Waals surface area contributed by atoms with Gasteiger partial charge in [0.05, 0.1) is 0 Å². The van der Waals surface area contributed by atoms with Gasteiger partial charge in [-0.25, -0.2) is 0 Å². The Bertz CT molecular complexity index is 620. The van der Waals surface area contributed by atoms with Gasteiger partial charge in [0.2, 0.25) is 0 Å². The molecule has 1 aliphatic carbocycles. The molecule has 0 unspecified atom stereocenters. The summed E-state index contributed by atoms with van der Waals surface area (Å²) in [6.45, 7) is 6.86. The fourth-order valence-corrected chi connectivity index (χ4v) is 3.24. The highest BCUT2D eigenvalue weighted by molar-refractivity contribution is 5.87. The van der Waals surface area contributed by atoms with E-state index in [0.717, 1.165) is 6.42 Å². The van der Waals surface area contributed by atoms with Crippen LogP contribution >= 0.6 is 12.4 Å². The van der Waals surface area contributed by atoms with E-state index in [2.05, 4.69) is 80.7 Å². The van der Waals surface area contributed by atoms with Gasteiger partial charge < -0.3 is 5.32 Å². The molecule has 1 aliphatic rings. The Labute approximate surface area is 147 Å². The zero-order valence-electron chi connectivity index (χ0n) is 14.8. The first-order chi connectivity index (χ1) is 10.6. The molecule has 0 heterocycles. The maximum Gasteiger partial charge on any atom is 0.0158 e.